The maximum atomic E-state index is 5.50. The molecule has 92 valence electrons. The number of halogens is 1. The van der Waals surface area contributed by atoms with Gasteiger partial charge in [0.1, 0.15) is 0 Å². The lowest BCUT2D eigenvalue weighted by Crippen LogP contribution is -2.16. The van der Waals surface area contributed by atoms with Crippen LogP contribution in [-0.4, -0.2) is 24.3 Å². The van der Waals surface area contributed by atoms with E-state index in [1.165, 1.54) is 5.56 Å². The summed E-state index contributed by atoms with van der Waals surface area (Å²) in [6.45, 7) is 1.34. The molecule has 5 nitrogen and oxygen atoms in total. The second-order valence-electron chi connectivity index (χ2n) is 3.62. The molecular weight excluding hydrogens is 304 g/mol. The van der Waals surface area contributed by atoms with Crippen molar-refractivity contribution in [3.63, 3.8) is 0 Å². The van der Waals surface area contributed by atoms with Gasteiger partial charge in [0.15, 0.2) is 0 Å². The topological polar surface area (TPSA) is 54.2 Å². The summed E-state index contributed by atoms with van der Waals surface area (Å²) >= 11 is 5.11. The minimum absolute atomic E-state index is 0.539. The molecule has 0 aliphatic carbocycles. The molecule has 2 aromatic heterocycles. The number of nitrogens with zero attached hydrogens (tertiary/aromatic N) is 3. The van der Waals surface area contributed by atoms with Crippen LogP contribution in [0.15, 0.2) is 19.6 Å². The summed E-state index contributed by atoms with van der Waals surface area (Å²) < 4.78 is 6.62. The molecule has 0 saturated carbocycles. The summed E-state index contributed by atoms with van der Waals surface area (Å²) in [6, 6.07) is 2.63. The summed E-state index contributed by atoms with van der Waals surface area (Å²) in [5.74, 6) is 0.598. The smallest absolute Gasteiger partial charge is 0.318 e. The molecule has 0 bridgehead atoms. The number of nitrogens with one attached hydrogen (secondary N) is 1. The fraction of sp³-hybridized carbons (Fsp3) is 0.400. The lowest BCUT2D eigenvalue weighted by molar-refractivity contribution is 0.475. The zero-order chi connectivity index (χ0) is 12.3. The maximum absolute atomic E-state index is 5.50. The largest absolute Gasteiger partial charge is 0.407 e. The van der Waals surface area contributed by atoms with Gasteiger partial charge in [0.05, 0.1) is 10.3 Å². The van der Waals surface area contributed by atoms with E-state index in [0.717, 1.165) is 10.3 Å². The molecule has 2 rings (SSSR count). The average Bonchev–Trinajstić information content (AvgIpc) is 2.88. The third-order valence-corrected chi connectivity index (χ3v) is 3.71. The van der Waals surface area contributed by atoms with Crippen LogP contribution in [0, 0.1) is 0 Å². The summed E-state index contributed by atoms with van der Waals surface area (Å²) in [5.41, 5.74) is 1.22. The number of hydrogen-bond donors (Lipinski definition) is 1. The Morgan fingerprint density at radius 2 is 2.35 bits per heavy atom. The van der Waals surface area contributed by atoms with E-state index in [2.05, 4.69) is 42.9 Å². The zero-order valence-electron chi connectivity index (χ0n) is 9.61. The fourth-order valence-corrected chi connectivity index (χ4v) is 2.59. The van der Waals surface area contributed by atoms with E-state index in [-0.39, 0.29) is 0 Å². The molecule has 0 spiro atoms. The first-order valence-electron chi connectivity index (χ1n) is 5.10. The Labute approximate surface area is 112 Å². The van der Waals surface area contributed by atoms with Crippen molar-refractivity contribution in [2.75, 3.05) is 19.0 Å². The van der Waals surface area contributed by atoms with Gasteiger partial charge in [-0.25, -0.2) is 0 Å². The predicted octanol–water partition coefficient (Wildman–Crippen LogP) is 2.25. The van der Waals surface area contributed by atoms with Gasteiger partial charge in [-0.05, 0) is 40.0 Å². The maximum Gasteiger partial charge on any atom is 0.318 e. The van der Waals surface area contributed by atoms with Crippen molar-refractivity contribution in [3.05, 3.63) is 26.7 Å². The van der Waals surface area contributed by atoms with E-state index in [9.17, 15) is 0 Å². The van der Waals surface area contributed by atoms with Crippen molar-refractivity contribution < 1.29 is 4.42 Å². The molecular formula is C10H13BrN4OS. The second kappa shape index (κ2) is 5.61. The predicted molar refractivity (Wildman–Crippen MR) is 71.2 cm³/mol. The molecule has 0 atom stereocenters. The Bertz CT molecular complexity index is 484. The van der Waals surface area contributed by atoms with Crippen molar-refractivity contribution in [3.8, 4) is 0 Å². The van der Waals surface area contributed by atoms with E-state index in [0.29, 0.717) is 18.5 Å². The number of thiophene rings is 1. The van der Waals surface area contributed by atoms with Gasteiger partial charge in [-0.2, -0.15) is 0 Å². The SMILES string of the molecule is CNCc1nnc(N(C)Cc2csc(Br)c2)o1. The van der Waals surface area contributed by atoms with Crippen LogP contribution in [0.1, 0.15) is 11.5 Å². The van der Waals surface area contributed by atoms with Gasteiger partial charge in [-0.3, -0.25) is 0 Å². The van der Waals surface area contributed by atoms with Crippen LogP contribution in [-0.2, 0) is 13.1 Å². The van der Waals surface area contributed by atoms with Crippen molar-refractivity contribution in [1.82, 2.24) is 15.5 Å². The van der Waals surface area contributed by atoms with Crippen LogP contribution < -0.4 is 10.2 Å². The summed E-state index contributed by atoms with van der Waals surface area (Å²) in [6.07, 6.45) is 0. The Hall–Kier alpha value is -0.920. The number of aromatic nitrogens is 2. The van der Waals surface area contributed by atoms with Crippen molar-refractivity contribution in [1.29, 1.82) is 0 Å². The first-order chi connectivity index (χ1) is 8.19. The standard InChI is InChI=1S/C10H13BrN4OS/c1-12-4-9-13-14-10(16-9)15(2)5-7-3-8(11)17-6-7/h3,6,12H,4-5H2,1-2H3. The van der Waals surface area contributed by atoms with E-state index < -0.39 is 0 Å². The molecule has 0 radical (unpaired) electrons. The molecule has 0 fully saturated rings. The molecule has 0 amide bonds. The van der Waals surface area contributed by atoms with E-state index in [1.807, 2.05) is 19.0 Å². The molecule has 2 aromatic rings. The average molecular weight is 317 g/mol. The molecule has 2 heterocycles. The highest BCUT2D eigenvalue weighted by Gasteiger charge is 2.11. The van der Waals surface area contributed by atoms with Crippen LogP contribution >= 0.6 is 27.3 Å². The zero-order valence-corrected chi connectivity index (χ0v) is 12.0. The Morgan fingerprint density at radius 1 is 1.53 bits per heavy atom. The Morgan fingerprint density at radius 3 is 3.00 bits per heavy atom. The third-order valence-electron chi connectivity index (χ3n) is 2.15. The minimum atomic E-state index is 0.539. The second-order valence-corrected chi connectivity index (χ2v) is 5.91. The van der Waals surface area contributed by atoms with Gasteiger partial charge < -0.3 is 14.6 Å². The molecule has 0 saturated heterocycles. The molecule has 0 unspecified atom stereocenters. The van der Waals surface area contributed by atoms with Gasteiger partial charge >= 0.3 is 6.01 Å². The molecule has 0 aliphatic rings. The highest BCUT2D eigenvalue weighted by Crippen LogP contribution is 2.22. The summed E-state index contributed by atoms with van der Waals surface area (Å²) in [7, 11) is 3.78. The molecule has 0 aliphatic heterocycles. The quantitative estimate of drug-likeness (QED) is 0.917. The van der Waals surface area contributed by atoms with E-state index in [4.69, 9.17) is 4.42 Å². The Kier molecular flexibility index (Phi) is 4.14. The first kappa shape index (κ1) is 12.5. The lowest BCUT2D eigenvalue weighted by Gasteiger charge is -2.12. The monoisotopic (exact) mass is 316 g/mol. The van der Waals surface area contributed by atoms with E-state index >= 15 is 0 Å². The summed E-state index contributed by atoms with van der Waals surface area (Å²) in [4.78, 5) is 1.93. The van der Waals surface area contributed by atoms with E-state index in [1.54, 1.807) is 11.3 Å². The van der Waals surface area contributed by atoms with Gasteiger partial charge in [0, 0.05) is 13.6 Å². The van der Waals surface area contributed by atoms with Gasteiger partial charge in [-0.15, -0.1) is 16.4 Å². The molecule has 17 heavy (non-hydrogen) atoms. The van der Waals surface area contributed by atoms with Gasteiger partial charge in [0.2, 0.25) is 5.89 Å². The number of hydrogen-bond acceptors (Lipinski definition) is 6. The van der Waals surface area contributed by atoms with Crippen molar-refractivity contribution >= 4 is 33.3 Å². The number of rotatable bonds is 5. The third kappa shape index (κ3) is 3.27. The molecule has 0 aromatic carbocycles. The van der Waals surface area contributed by atoms with Crippen LogP contribution in [0.5, 0.6) is 0 Å². The molecule has 7 heteroatoms. The first-order valence-corrected chi connectivity index (χ1v) is 6.77. The fourth-order valence-electron chi connectivity index (χ4n) is 1.39. The van der Waals surface area contributed by atoms with Crippen LogP contribution in [0.2, 0.25) is 0 Å². The van der Waals surface area contributed by atoms with Crippen molar-refractivity contribution in [2.45, 2.75) is 13.1 Å². The van der Waals surface area contributed by atoms with Crippen LogP contribution in [0.3, 0.4) is 0 Å². The highest BCUT2D eigenvalue weighted by atomic mass is 79.9. The van der Waals surface area contributed by atoms with Gasteiger partial charge in [-0.1, -0.05) is 5.10 Å². The Balaban J connectivity index is 2.01. The van der Waals surface area contributed by atoms with Crippen LogP contribution in [0.4, 0.5) is 6.01 Å². The highest BCUT2D eigenvalue weighted by molar-refractivity contribution is 9.11. The molecule has 1 N–H and O–H groups in total. The summed E-state index contributed by atoms with van der Waals surface area (Å²) in [5, 5.41) is 13.0. The van der Waals surface area contributed by atoms with Crippen LogP contribution in [0.25, 0.3) is 0 Å². The van der Waals surface area contributed by atoms with Gasteiger partial charge in [0.25, 0.3) is 0 Å². The normalized spacial score (nSPS) is 10.8. The number of anilines is 1. The lowest BCUT2D eigenvalue weighted by atomic mass is 10.3. The van der Waals surface area contributed by atoms with Crippen molar-refractivity contribution in [2.24, 2.45) is 0 Å². The minimum Gasteiger partial charge on any atom is -0.407 e.